The zero-order valence-corrected chi connectivity index (χ0v) is 11.2. The number of aromatic nitrogens is 2. The smallest absolute Gasteiger partial charge is 0.123 e. The van der Waals surface area contributed by atoms with Crippen LogP contribution in [0.1, 0.15) is 18.5 Å². The van der Waals surface area contributed by atoms with Crippen LogP contribution in [-0.2, 0) is 0 Å². The molecule has 0 saturated carbocycles. The van der Waals surface area contributed by atoms with Gasteiger partial charge in [0, 0.05) is 11.4 Å². The molecule has 2 unspecified atom stereocenters. The molecule has 2 atom stereocenters. The second kappa shape index (κ2) is 5.06. The Labute approximate surface area is 116 Å². The molecule has 102 valence electrons. The van der Waals surface area contributed by atoms with Gasteiger partial charge in [0.1, 0.15) is 5.82 Å². The van der Waals surface area contributed by atoms with Crippen LogP contribution in [-0.4, -0.2) is 15.8 Å². The minimum atomic E-state index is -0.248. The van der Waals surface area contributed by atoms with E-state index in [2.05, 4.69) is 5.10 Å². The van der Waals surface area contributed by atoms with Crippen LogP contribution in [0.5, 0.6) is 0 Å². The maximum atomic E-state index is 13.1. The van der Waals surface area contributed by atoms with Gasteiger partial charge in [0.05, 0.1) is 17.8 Å². The first-order valence-electron chi connectivity index (χ1n) is 6.60. The molecule has 0 saturated heterocycles. The number of nitrogens with zero attached hydrogens (tertiary/aromatic N) is 2. The normalized spacial score (nSPS) is 14.3. The highest BCUT2D eigenvalue weighted by molar-refractivity contribution is 5.78. The minimum Gasteiger partial charge on any atom is -0.326 e. The van der Waals surface area contributed by atoms with Crippen LogP contribution < -0.4 is 5.73 Å². The molecule has 0 aliphatic rings. The van der Waals surface area contributed by atoms with Gasteiger partial charge in [-0.25, -0.2) is 4.39 Å². The molecule has 0 radical (unpaired) electrons. The van der Waals surface area contributed by atoms with Crippen LogP contribution in [0.25, 0.3) is 10.9 Å². The molecule has 3 rings (SSSR count). The van der Waals surface area contributed by atoms with Gasteiger partial charge >= 0.3 is 0 Å². The van der Waals surface area contributed by atoms with Crippen LogP contribution >= 0.6 is 0 Å². The molecule has 0 aliphatic carbocycles. The Kier molecular flexibility index (Phi) is 3.24. The standard InChI is InChI=1S/C16H16FN3/c1-11(18)16(12-6-8-14(17)9-7-12)20-15-5-3-2-4-13(15)10-19-20/h2-11,16H,18H2,1H3. The summed E-state index contributed by atoms with van der Waals surface area (Å²) in [6.45, 7) is 1.93. The average Bonchev–Trinajstić information content (AvgIpc) is 2.85. The molecule has 2 N–H and O–H groups in total. The summed E-state index contributed by atoms with van der Waals surface area (Å²) >= 11 is 0. The number of nitrogens with two attached hydrogens (primary N) is 1. The van der Waals surface area contributed by atoms with E-state index in [-0.39, 0.29) is 17.9 Å². The fourth-order valence-corrected chi connectivity index (χ4v) is 2.54. The van der Waals surface area contributed by atoms with Crippen molar-refractivity contribution in [3.05, 3.63) is 66.1 Å². The largest absolute Gasteiger partial charge is 0.326 e. The van der Waals surface area contributed by atoms with Gasteiger partial charge in [-0.15, -0.1) is 0 Å². The summed E-state index contributed by atoms with van der Waals surface area (Å²) in [5.74, 6) is -0.248. The van der Waals surface area contributed by atoms with E-state index in [0.29, 0.717) is 0 Å². The third kappa shape index (κ3) is 2.18. The van der Waals surface area contributed by atoms with Crippen molar-refractivity contribution >= 4 is 10.9 Å². The van der Waals surface area contributed by atoms with Crippen LogP contribution in [0.2, 0.25) is 0 Å². The summed E-state index contributed by atoms with van der Waals surface area (Å²) in [7, 11) is 0. The second-order valence-electron chi connectivity index (χ2n) is 5.00. The molecule has 1 heterocycles. The van der Waals surface area contributed by atoms with E-state index in [9.17, 15) is 4.39 Å². The van der Waals surface area contributed by atoms with Gasteiger partial charge in [-0.05, 0) is 30.7 Å². The molecule has 0 amide bonds. The number of para-hydroxylation sites is 1. The van der Waals surface area contributed by atoms with E-state index in [1.807, 2.05) is 42.1 Å². The van der Waals surface area contributed by atoms with Crippen molar-refractivity contribution in [2.24, 2.45) is 5.73 Å². The third-order valence-corrected chi connectivity index (χ3v) is 3.48. The van der Waals surface area contributed by atoms with E-state index in [4.69, 9.17) is 5.73 Å². The third-order valence-electron chi connectivity index (χ3n) is 3.48. The Morgan fingerprint density at radius 3 is 2.50 bits per heavy atom. The quantitative estimate of drug-likeness (QED) is 0.794. The van der Waals surface area contributed by atoms with Crippen molar-refractivity contribution in [2.75, 3.05) is 0 Å². The summed E-state index contributed by atoms with van der Waals surface area (Å²) in [4.78, 5) is 0. The highest BCUT2D eigenvalue weighted by atomic mass is 19.1. The van der Waals surface area contributed by atoms with Crippen molar-refractivity contribution in [1.29, 1.82) is 0 Å². The molecule has 4 heteroatoms. The first kappa shape index (κ1) is 12.8. The monoisotopic (exact) mass is 269 g/mol. The van der Waals surface area contributed by atoms with Crippen LogP contribution in [0.3, 0.4) is 0 Å². The molecule has 0 fully saturated rings. The molecule has 0 spiro atoms. The van der Waals surface area contributed by atoms with Gasteiger partial charge in [-0.1, -0.05) is 30.3 Å². The molecule has 2 aromatic carbocycles. The summed E-state index contributed by atoms with van der Waals surface area (Å²) in [5.41, 5.74) is 8.12. The fourth-order valence-electron chi connectivity index (χ4n) is 2.54. The molecule has 0 bridgehead atoms. The Bertz CT molecular complexity index is 716. The predicted molar refractivity (Wildman–Crippen MR) is 77.9 cm³/mol. The Hall–Kier alpha value is -2.20. The van der Waals surface area contributed by atoms with E-state index in [1.54, 1.807) is 12.1 Å². The van der Waals surface area contributed by atoms with Gasteiger partial charge in [-0.2, -0.15) is 5.10 Å². The van der Waals surface area contributed by atoms with Crippen LogP contribution in [0, 0.1) is 5.82 Å². The summed E-state index contributed by atoms with van der Waals surface area (Å²) in [6, 6.07) is 14.2. The Morgan fingerprint density at radius 1 is 1.10 bits per heavy atom. The summed E-state index contributed by atoms with van der Waals surface area (Å²) in [5, 5.41) is 5.53. The molecule has 20 heavy (non-hydrogen) atoms. The predicted octanol–water partition coefficient (Wildman–Crippen LogP) is 3.11. The van der Waals surface area contributed by atoms with Gasteiger partial charge < -0.3 is 5.73 Å². The number of hydrogen-bond acceptors (Lipinski definition) is 2. The van der Waals surface area contributed by atoms with Crippen molar-refractivity contribution in [3.63, 3.8) is 0 Å². The highest BCUT2D eigenvalue weighted by Gasteiger charge is 2.20. The number of rotatable bonds is 3. The van der Waals surface area contributed by atoms with E-state index in [0.717, 1.165) is 16.5 Å². The number of benzene rings is 2. The van der Waals surface area contributed by atoms with E-state index < -0.39 is 0 Å². The van der Waals surface area contributed by atoms with E-state index in [1.165, 1.54) is 12.1 Å². The highest BCUT2D eigenvalue weighted by Crippen LogP contribution is 2.25. The van der Waals surface area contributed by atoms with Crippen molar-refractivity contribution in [3.8, 4) is 0 Å². The molecule has 3 nitrogen and oxygen atoms in total. The lowest BCUT2D eigenvalue weighted by Gasteiger charge is -2.22. The number of fused-ring (bicyclic) bond motifs is 1. The van der Waals surface area contributed by atoms with Gasteiger partial charge in [0.15, 0.2) is 0 Å². The van der Waals surface area contributed by atoms with Crippen LogP contribution in [0.15, 0.2) is 54.7 Å². The molecule has 0 aliphatic heterocycles. The lowest BCUT2D eigenvalue weighted by molar-refractivity contribution is 0.465. The first-order valence-corrected chi connectivity index (χ1v) is 6.60. The second-order valence-corrected chi connectivity index (χ2v) is 5.00. The van der Waals surface area contributed by atoms with E-state index >= 15 is 0 Å². The maximum Gasteiger partial charge on any atom is 0.123 e. The SMILES string of the molecule is CC(N)C(c1ccc(F)cc1)n1ncc2ccccc21. The average molecular weight is 269 g/mol. The number of halogens is 1. The first-order chi connectivity index (χ1) is 9.66. The molecular formula is C16H16FN3. The summed E-state index contributed by atoms with van der Waals surface area (Å²) < 4.78 is 15.0. The minimum absolute atomic E-state index is 0.115. The lowest BCUT2D eigenvalue weighted by atomic mass is 10.0. The van der Waals surface area contributed by atoms with Crippen molar-refractivity contribution in [2.45, 2.75) is 19.0 Å². The zero-order chi connectivity index (χ0) is 14.1. The maximum absolute atomic E-state index is 13.1. The lowest BCUT2D eigenvalue weighted by Crippen LogP contribution is -2.30. The van der Waals surface area contributed by atoms with Crippen molar-refractivity contribution < 1.29 is 4.39 Å². The zero-order valence-electron chi connectivity index (χ0n) is 11.2. The van der Waals surface area contributed by atoms with Gasteiger partial charge in [0.2, 0.25) is 0 Å². The van der Waals surface area contributed by atoms with Crippen LogP contribution in [0.4, 0.5) is 4.39 Å². The Morgan fingerprint density at radius 2 is 1.80 bits per heavy atom. The van der Waals surface area contributed by atoms with Crippen molar-refractivity contribution in [1.82, 2.24) is 9.78 Å². The fraction of sp³-hybridized carbons (Fsp3) is 0.188. The summed E-state index contributed by atoms with van der Waals surface area (Å²) in [6.07, 6.45) is 1.83. The molecule has 1 aromatic heterocycles. The molecular weight excluding hydrogens is 253 g/mol. The topological polar surface area (TPSA) is 43.8 Å². The Balaban J connectivity index is 2.13. The number of hydrogen-bond donors (Lipinski definition) is 1. The van der Waals surface area contributed by atoms with Gasteiger partial charge in [-0.3, -0.25) is 4.68 Å². The molecule has 3 aromatic rings. The van der Waals surface area contributed by atoms with Gasteiger partial charge in [0.25, 0.3) is 0 Å².